The zero-order valence-electron chi connectivity index (χ0n) is 15.0. The van der Waals surface area contributed by atoms with Crippen molar-refractivity contribution in [2.75, 3.05) is 38.5 Å². The van der Waals surface area contributed by atoms with Crippen LogP contribution in [0.4, 0.5) is 11.4 Å². The molecule has 0 aliphatic rings. The topological polar surface area (TPSA) is 68.8 Å². The van der Waals surface area contributed by atoms with Crippen molar-refractivity contribution in [2.24, 2.45) is 0 Å². The van der Waals surface area contributed by atoms with Crippen molar-refractivity contribution in [2.45, 2.75) is 13.3 Å². The Morgan fingerprint density at radius 3 is 2.28 bits per heavy atom. The van der Waals surface area contributed by atoms with Gasteiger partial charge in [-0.15, -0.1) is 0 Å². The fourth-order valence-electron chi connectivity index (χ4n) is 2.40. The van der Waals surface area contributed by atoms with E-state index in [-0.39, 0.29) is 5.91 Å². The minimum atomic E-state index is -0.0862. The Morgan fingerprint density at radius 1 is 0.920 bits per heavy atom. The van der Waals surface area contributed by atoms with Crippen LogP contribution in [0.5, 0.6) is 17.2 Å². The molecule has 0 aliphatic carbocycles. The van der Waals surface area contributed by atoms with Crippen LogP contribution in [-0.2, 0) is 4.79 Å². The molecule has 0 unspecified atom stereocenters. The van der Waals surface area contributed by atoms with Crippen LogP contribution in [0.3, 0.4) is 0 Å². The van der Waals surface area contributed by atoms with Crippen LogP contribution in [0.1, 0.15) is 12.0 Å². The first kappa shape index (κ1) is 18.4. The quantitative estimate of drug-likeness (QED) is 0.767. The average molecular weight is 344 g/mol. The monoisotopic (exact) mass is 344 g/mol. The summed E-state index contributed by atoms with van der Waals surface area (Å²) >= 11 is 0. The summed E-state index contributed by atoms with van der Waals surface area (Å²) in [7, 11) is 4.76. The van der Waals surface area contributed by atoms with E-state index in [1.165, 1.54) is 0 Å². The Hall–Kier alpha value is -2.89. The lowest BCUT2D eigenvalue weighted by Gasteiger charge is -2.12. The third-order valence-electron chi connectivity index (χ3n) is 3.69. The summed E-state index contributed by atoms with van der Waals surface area (Å²) in [6.45, 7) is 2.46. The molecule has 25 heavy (non-hydrogen) atoms. The maximum Gasteiger partial charge on any atom is 0.226 e. The molecule has 2 N–H and O–H groups in total. The molecule has 2 aromatic rings. The fourth-order valence-corrected chi connectivity index (χ4v) is 2.40. The highest BCUT2D eigenvalue weighted by molar-refractivity contribution is 5.92. The van der Waals surface area contributed by atoms with Gasteiger partial charge in [-0.2, -0.15) is 0 Å². The van der Waals surface area contributed by atoms with E-state index >= 15 is 0 Å². The number of benzene rings is 2. The molecule has 0 radical (unpaired) electrons. The smallest absolute Gasteiger partial charge is 0.226 e. The molecular weight excluding hydrogens is 320 g/mol. The van der Waals surface area contributed by atoms with Gasteiger partial charge in [0.25, 0.3) is 0 Å². The van der Waals surface area contributed by atoms with E-state index in [0.717, 1.165) is 11.3 Å². The lowest BCUT2D eigenvalue weighted by atomic mass is 10.2. The molecule has 0 fully saturated rings. The highest BCUT2D eigenvalue weighted by atomic mass is 16.5. The first-order valence-corrected chi connectivity index (χ1v) is 7.97. The number of hydrogen-bond acceptors (Lipinski definition) is 5. The summed E-state index contributed by atoms with van der Waals surface area (Å²) in [5.74, 6) is 1.86. The number of rotatable bonds is 8. The second kappa shape index (κ2) is 8.82. The van der Waals surface area contributed by atoms with E-state index in [1.807, 2.05) is 43.3 Å². The minimum absolute atomic E-state index is 0.0862. The molecule has 134 valence electrons. The van der Waals surface area contributed by atoms with E-state index in [1.54, 1.807) is 21.3 Å². The second-order valence-electron chi connectivity index (χ2n) is 5.50. The number of anilines is 2. The van der Waals surface area contributed by atoms with Crippen molar-refractivity contribution < 1.29 is 19.0 Å². The first-order chi connectivity index (χ1) is 12.1. The number of carbonyl (C=O) groups excluding carboxylic acids is 1. The number of aryl methyl sites for hydroxylation is 1. The summed E-state index contributed by atoms with van der Waals surface area (Å²) in [6.07, 6.45) is 0.325. The number of carbonyl (C=O) groups is 1. The highest BCUT2D eigenvalue weighted by Gasteiger charge is 2.08. The molecule has 0 saturated carbocycles. The van der Waals surface area contributed by atoms with Gasteiger partial charge in [0.15, 0.2) is 11.5 Å². The Bertz CT molecular complexity index is 731. The summed E-state index contributed by atoms with van der Waals surface area (Å²) in [4.78, 5) is 12.2. The summed E-state index contributed by atoms with van der Waals surface area (Å²) < 4.78 is 15.7. The molecule has 0 aliphatic heterocycles. The standard InChI is InChI=1S/C19H24N2O4/c1-13-5-7-16(23-2)15(11-13)21-19(22)9-10-20-14-6-8-17(24-3)18(12-14)25-4/h5-8,11-12,20H,9-10H2,1-4H3,(H,21,22). The molecule has 0 spiro atoms. The molecule has 0 atom stereocenters. The van der Waals surface area contributed by atoms with Crippen LogP contribution in [-0.4, -0.2) is 33.8 Å². The molecule has 0 saturated heterocycles. The van der Waals surface area contributed by atoms with Crippen LogP contribution in [0.15, 0.2) is 36.4 Å². The normalized spacial score (nSPS) is 10.1. The Balaban J connectivity index is 1.90. The molecule has 6 nitrogen and oxygen atoms in total. The van der Waals surface area contributed by atoms with Gasteiger partial charge in [-0.05, 0) is 36.8 Å². The van der Waals surface area contributed by atoms with E-state index < -0.39 is 0 Å². The van der Waals surface area contributed by atoms with E-state index in [9.17, 15) is 4.79 Å². The predicted octanol–water partition coefficient (Wildman–Crippen LogP) is 3.46. The fraction of sp³-hybridized carbons (Fsp3) is 0.316. The van der Waals surface area contributed by atoms with Crippen molar-refractivity contribution in [3.63, 3.8) is 0 Å². The Morgan fingerprint density at radius 2 is 1.60 bits per heavy atom. The van der Waals surface area contributed by atoms with Gasteiger partial charge in [0, 0.05) is 24.7 Å². The number of nitrogens with one attached hydrogen (secondary N) is 2. The van der Waals surface area contributed by atoms with Gasteiger partial charge in [-0.3, -0.25) is 4.79 Å². The lowest BCUT2D eigenvalue weighted by Crippen LogP contribution is -2.16. The van der Waals surface area contributed by atoms with Gasteiger partial charge in [0.1, 0.15) is 5.75 Å². The van der Waals surface area contributed by atoms with Gasteiger partial charge in [0.05, 0.1) is 27.0 Å². The summed E-state index contributed by atoms with van der Waals surface area (Å²) in [6, 6.07) is 11.2. The minimum Gasteiger partial charge on any atom is -0.495 e. The van der Waals surface area contributed by atoms with Crippen LogP contribution >= 0.6 is 0 Å². The molecule has 2 aromatic carbocycles. The van der Waals surface area contributed by atoms with Gasteiger partial charge in [-0.25, -0.2) is 0 Å². The maximum atomic E-state index is 12.2. The zero-order valence-corrected chi connectivity index (χ0v) is 15.0. The average Bonchev–Trinajstić information content (AvgIpc) is 2.61. The first-order valence-electron chi connectivity index (χ1n) is 7.97. The number of hydrogen-bond donors (Lipinski definition) is 2. The Kier molecular flexibility index (Phi) is 6.51. The molecule has 0 heterocycles. The molecule has 0 aromatic heterocycles. The third-order valence-corrected chi connectivity index (χ3v) is 3.69. The highest BCUT2D eigenvalue weighted by Crippen LogP contribution is 2.29. The SMILES string of the molecule is COc1ccc(C)cc1NC(=O)CCNc1ccc(OC)c(OC)c1. The molecule has 0 bridgehead atoms. The van der Waals surface area contributed by atoms with E-state index in [4.69, 9.17) is 14.2 Å². The van der Waals surface area contributed by atoms with E-state index in [0.29, 0.717) is 35.9 Å². The maximum absolute atomic E-state index is 12.2. The van der Waals surface area contributed by atoms with Crippen LogP contribution in [0.25, 0.3) is 0 Å². The molecule has 6 heteroatoms. The van der Waals surface area contributed by atoms with Crippen molar-refractivity contribution in [1.29, 1.82) is 0 Å². The summed E-state index contributed by atoms with van der Waals surface area (Å²) in [5.41, 5.74) is 2.59. The van der Waals surface area contributed by atoms with Crippen molar-refractivity contribution in [3.8, 4) is 17.2 Å². The van der Waals surface area contributed by atoms with Crippen LogP contribution in [0, 0.1) is 6.92 Å². The largest absolute Gasteiger partial charge is 0.495 e. The van der Waals surface area contributed by atoms with Gasteiger partial charge < -0.3 is 24.8 Å². The van der Waals surface area contributed by atoms with E-state index in [2.05, 4.69) is 10.6 Å². The van der Waals surface area contributed by atoms with Crippen molar-refractivity contribution >= 4 is 17.3 Å². The van der Waals surface area contributed by atoms with Crippen molar-refractivity contribution in [1.82, 2.24) is 0 Å². The number of methoxy groups -OCH3 is 3. The third kappa shape index (κ3) is 5.04. The van der Waals surface area contributed by atoms with Gasteiger partial charge in [-0.1, -0.05) is 6.07 Å². The summed E-state index contributed by atoms with van der Waals surface area (Å²) in [5, 5.41) is 6.08. The number of ether oxygens (including phenoxy) is 3. The second-order valence-corrected chi connectivity index (χ2v) is 5.50. The van der Waals surface area contributed by atoms with Gasteiger partial charge in [0.2, 0.25) is 5.91 Å². The number of amides is 1. The zero-order chi connectivity index (χ0) is 18.2. The Labute approximate surface area is 148 Å². The lowest BCUT2D eigenvalue weighted by molar-refractivity contribution is -0.116. The molecule has 2 rings (SSSR count). The predicted molar refractivity (Wildman–Crippen MR) is 99.0 cm³/mol. The van der Waals surface area contributed by atoms with Gasteiger partial charge >= 0.3 is 0 Å². The van der Waals surface area contributed by atoms with Crippen LogP contribution < -0.4 is 24.8 Å². The molecule has 1 amide bonds. The molecular formula is C19H24N2O4. The van der Waals surface area contributed by atoms with Crippen molar-refractivity contribution in [3.05, 3.63) is 42.0 Å². The van der Waals surface area contributed by atoms with Crippen LogP contribution in [0.2, 0.25) is 0 Å².